The molecule has 2 rings (SSSR count). The van der Waals surface area contributed by atoms with E-state index in [2.05, 4.69) is 0 Å². The average Bonchev–Trinajstić information content (AvgIpc) is 2.75. The third-order valence-electron chi connectivity index (χ3n) is 4.35. The second kappa shape index (κ2) is 10.1. The van der Waals surface area contributed by atoms with Crippen molar-refractivity contribution in [3.05, 3.63) is 57.6 Å². The first-order chi connectivity index (χ1) is 14.3. The van der Waals surface area contributed by atoms with Crippen molar-refractivity contribution in [2.45, 2.75) is 13.5 Å². The van der Waals surface area contributed by atoms with Gasteiger partial charge in [-0.1, -0.05) is 6.07 Å². The molecule has 10 heteroatoms. The van der Waals surface area contributed by atoms with Crippen molar-refractivity contribution in [1.29, 1.82) is 0 Å². The van der Waals surface area contributed by atoms with E-state index in [1.165, 1.54) is 31.3 Å². The van der Waals surface area contributed by atoms with Crippen LogP contribution in [0.25, 0.3) is 0 Å². The van der Waals surface area contributed by atoms with Crippen LogP contribution in [0.1, 0.15) is 22.8 Å². The first kappa shape index (κ1) is 22.5. The summed E-state index contributed by atoms with van der Waals surface area (Å²) in [5.74, 6) is -0.156. The minimum Gasteiger partial charge on any atom is -0.493 e. The molecule has 1 amide bonds. The lowest BCUT2D eigenvalue weighted by molar-refractivity contribution is -0.383. The van der Waals surface area contributed by atoms with Gasteiger partial charge in [0.2, 0.25) is 0 Å². The number of nitro groups is 1. The SMILES string of the molecule is CCN(Cc1ccc(OC)c(OC)c1)C(=O)COC(=O)c1ccc(N)c([N+](=O)[O-])c1. The van der Waals surface area contributed by atoms with Crippen LogP contribution in [-0.4, -0.2) is 49.1 Å². The highest BCUT2D eigenvalue weighted by Gasteiger charge is 2.19. The van der Waals surface area contributed by atoms with E-state index in [1.807, 2.05) is 0 Å². The third kappa shape index (κ3) is 5.37. The van der Waals surface area contributed by atoms with Crippen LogP contribution in [0.2, 0.25) is 0 Å². The molecule has 30 heavy (non-hydrogen) atoms. The second-order valence-corrected chi connectivity index (χ2v) is 6.20. The van der Waals surface area contributed by atoms with Crippen LogP contribution < -0.4 is 15.2 Å². The van der Waals surface area contributed by atoms with Crippen LogP contribution in [0.4, 0.5) is 11.4 Å². The molecule has 0 saturated carbocycles. The molecule has 0 aliphatic heterocycles. The number of nitrogens with zero attached hydrogens (tertiary/aromatic N) is 2. The van der Waals surface area contributed by atoms with E-state index in [0.29, 0.717) is 18.0 Å². The monoisotopic (exact) mass is 417 g/mol. The molecule has 0 radical (unpaired) electrons. The Labute approximate surface area is 173 Å². The number of rotatable bonds is 9. The molecule has 0 bridgehead atoms. The smallest absolute Gasteiger partial charge is 0.338 e. The lowest BCUT2D eigenvalue weighted by atomic mass is 10.2. The van der Waals surface area contributed by atoms with Crippen LogP contribution >= 0.6 is 0 Å². The summed E-state index contributed by atoms with van der Waals surface area (Å²) in [7, 11) is 3.05. The van der Waals surface area contributed by atoms with Crippen molar-refractivity contribution in [3.8, 4) is 11.5 Å². The molecule has 2 aromatic carbocycles. The van der Waals surface area contributed by atoms with Crippen LogP contribution in [0, 0.1) is 10.1 Å². The van der Waals surface area contributed by atoms with E-state index in [-0.39, 0.29) is 17.8 Å². The summed E-state index contributed by atoms with van der Waals surface area (Å²) in [6.45, 7) is 1.96. The van der Waals surface area contributed by atoms with Gasteiger partial charge in [-0.25, -0.2) is 4.79 Å². The number of ether oxygens (including phenoxy) is 3. The van der Waals surface area contributed by atoms with Gasteiger partial charge in [-0.3, -0.25) is 14.9 Å². The predicted octanol–water partition coefficient (Wildman–Crippen LogP) is 2.40. The Bertz CT molecular complexity index is 946. The second-order valence-electron chi connectivity index (χ2n) is 6.20. The molecule has 0 aliphatic rings. The number of anilines is 1. The van der Waals surface area contributed by atoms with Crippen molar-refractivity contribution < 1.29 is 28.7 Å². The van der Waals surface area contributed by atoms with E-state index in [4.69, 9.17) is 19.9 Å². The van der Waals surface area contributed by atoms with Crippen LogP contribution in [0.15, 0.2) is 36.4 Å². The maximum Gasteiger partial charge on any atom is 0.338 e. The number of carbonyl (C=O) groups is 2. The minimum atomic E-state index is -0.853. The van der Waals surface area contributed by atoms with Gasteiger partial charge in [0.25, 0.3) is 11.6 Å². The number of hydrogen-bond acceptors (Lipinski definition) is 8. The van der Waals surface area contributed by atoms with Crippen molar-refractivity contribution in [2.24, 2.45) is 0 Å². The maximum absolute atomic E-state index is 12.5. The van der Waals surface area contributed by atoms with E-state index in [9.17, 15) is 19.7 Å². The topological polar surface area (TPSA) is 134 Å². The van der Waals surface area contributed by atoms with Gasteiger partial charge in [-0.2, -0.15) is 0 Å². The normalized spacial score (nSPS) is 10.2. The lowest BCUT2D eigenvalue weighted by Gasteiger charge is -2.21. The lowest BCUT2D eigenvalue weighted by Crippen LogP contribution is -2.34. The Balaban J connectivity index is 2.03. The highest BCUT2D eigenvalue weighted by molar-refractivity contribution is 5.92. The average molecular weight is 417 g/mol. The van der Waals surface area contributed by atoms with Gasteiger partial charge in [0.1, 0.15) is 5.69 Å². The maximum atomic E-state index is 12.5. The fourth-order valence-electron chi connectivity index (χ4n) is 2.71. The highest BCUT2D eigenvalue weighted by Crippen LogP contribution is 2.28. The minimum absolute atomic E-state index is 0.0633. The molecular weight excluding hydrogens is 394 g/mol. The number of benzene rings is 2. The summed E-state index contributed by atoms with van der Waals surface area (Å²) < 4.78 is 15.5. The van der Waals surface area contributed by atoms with Gasteiger partial charge in [0, 0.05) is 19.2 Å². The van der Waals surface area contributed by atoms with Gasteiger partial charge >= 0.3 is 5.97 Å². The number of amides is 1. The molecule has 2 aromatic rings. The van der Waals surface area contributed by atoms with Crippen molar-refractivity contribution in [3.63, 3.8) is 0 Å². The number of hydrogen-bond donors (Lipinski definition) is 1. The Morgan fingerprint density at radius 1 is 1.10 bits per heavy atom. The summed E-state index contributed by atoms with van der Waals surface area (Å²) in [6, 6.07) is 8.86. The Morgan fingerprint density at radius 3 is 2.40 bits per heavy atom. The van der Waals surface area contributed by atoms with Gasteiger partial charge in [-0.05, 0) is 36.8 Å². The Morgan fingerprint density at radius 2 is 1.80 bits per heavy atom. The number of methoxy groups -OCH3 is 2. The zero-order valence-electron chi connectivity index (χ0n) is 16.9. The zero-order chi connectivity index (χ0) is 22.3. The molecule has 160 valence electrons. The molecule has 0 fully saturated rings. The highest BCUT2D eigenvalue weighted by atomic mass is 16.6. The predicted molar refractivity (Wildman–Crippen MR) is 108 cm³/mol. The first-order valence-electron chi connectivity index (χ1n) is 9.00. The van der Waals surface area contributed by atoms with E-state index < -0.39 is 29.1 Å². The third-order valence-corrected chi connectivity index (χ3v) is 4.35. The zero-order valence-corrected chi connectivity index (χ0v) is 16.9. The number of nitrogens with two attached hydrogens (primary N) is 1. The number of esters is 1. The molecule has 2 N–H and O–H groups in total. The molecule has 0 unspecified atom stereocenters. The van der Waals surface area contributed by atoms with Gasteiger partial charge in [-0.15, -0.1) is 0 Å². The summed E-state index contributed by atoms with van der Waals surface area (Å²) >= 11 is 0. The Kier molecular flexibility index (Phi) is 7.56. The molecule has 0 saturated heterocycles. The van der Waals surface area contributed by atoms with Crippen molar-refractivity contribution in [1.82, 2.24) is 4.90 Å². The first-order valence-corrected chi connectivity index (χ1v) is 9.00. The summed E-state index contributed by atoms with van der Waals surface area (Å²) in [4.78, 5) is 36.4. The molecule has 0 atom stereocenters. The molecule has 0 aliphatic carbocycles. The number of likely N-dealkylation sites (N-methyl/N-ethyl adjacent to an activating group) is 1. The van der Waals surface area contributed by atoms with Crippen LogP contribution in [0.5, 0.6) is 11.5 Å². The van der Waals surface area contributed by atoms with Crippen molar-refractivity contribution >= 4 is 23.3 Å². The summed E-state index contributed by atoms with van der Waals surface area (Å²) in [5, 5.41) is 10.9. The number of nitro benzene ring substituents is 1. The molecule has 10 nitrogen and oxygen atoms in total. The molecular formula is C20H23N3O7. The van der Waals surface area contributed by atoms with Gasteiger partial charge in [0.15, 0.2) is 18.1 Å². The molecule has 0 heterocycles. The van der Waals surface area contributed by atoms with Crippen LogP contribution in [0.3, 0.4) is 0 Å². The summed E-state index contributed by atoms with van der Waals surface area (Å²) in [5.41, 5.74) is 5.78. The molecule has 0 spiro atoms. The standard InChI is InChI=1S/C20H23N3O7/c1-4-22(11-13-5-8-17(28-2)18(9-13)29-3)19(24)12-30-20(25)14-6-7-15(21)16(10-14)23(26)27/h5-10H,4,11-12,21H2,1-3H3. The van der Waals surface area contributed by atoms with E-state index >= 15 is 0 Å². The van der Waals surface area contributed by atoms with Gasteiger partial charge in [0.05, 0.1) is 24.7 Å². The van der Waals surface area contributed by atoms with E-state index in [1.54, 1.807) is 25.1 Å². The largest absolute Gasteiger partial charge is 0.493 e. The van der Waals surface area contributed by atoms with E-state index in [0.717, 1.165) is 11.6 Å². The number of nitrogen functional groups attached to an aromatic ring is 1. The van der Waals surface area contributed by atoms with Crippen LogP contribution in [-0.2, 0) is 16.1 Å². The molecule has 0 aromatic heterocycles. The van der Waals surface area contributed by atoms with Crippen molar-refractivity contribution in [2.75, 3.05) is 33.1 Å². The number of carbonyl (C=O) groups excluding carboxylic acids is 2. The summed E-state index contributed by atoms with van der Waals surface area (Å²) in [6.07, 6.45) is 0. The fourth-order valence-corrected chi connectivity index (χ4v) is 2.71. The Hall–Kier alpha value is -3.82. The van der Waals surface area contributed by atoms with Gasteiger partial charge < -0.3 is 24.8 Å². The quantitative estimate of drug-likeness (QED) is 0.284. The fraction of sp³-hybridized carbons (Fsp3) is 0.300.